The molecule has 1 fully saturated rings. The molecule has 2 N–H and O–H groups in total. The molecule has 7 heteroatoms. The van der Waals surface area contributed by atoms with Crippen LogP contribution < -0.4 is 10.6 Å². The number of carbonyl (C=O) groups is 1. The Labute approximate surface area is 130 Å². The Hall–Kier alpha value is -1.69. The molecule has 118 valence electrons. The predicted molar refractivity (Wildman–Crippen MR) is 78.1 cm³/mol. The summed E-state index contributed by atoms with van der Waals surface area (Å²) < 4.78 is 41.7. The lowest BCUT2D eigenvalue weighted by atomic mass is 9.78. The first-order valence-electron chi connectivity index (χ1n) is 6.93. The fourth-order valence-electron chi connectivity index (χ4n) is 2.56. The number of rotatable bonds is 2. The lowest BCUT2D eigenvalue weighted by molar-refractivity contribution is -0.174. The van der Waals surface area contributed by atoms with Crippen LogP contribution in [-0.2, 0) is 5.41 Å². The van der Waals surface area contributed by atoms with E-state index in [9.17, 15) is 18.0 Å². The zero-order chi connectivity index (χ0) is 16.0. The lowest BCUT2D eigenvalue weighted by Crippen LogP contribution is -2.48. The molecule has 2 amide bonds. The van der Waals surface area contributed by atoms with Crippen LogP contribution in [-0.4, -0.2) is 18.8 Å². The molecule has 3 nitrogen and oxygen atoms in total. The van der Waals surface area contributed by atoms with Gasteiger partial charge in [-0.2, -0.15) is 13.2 Å². The molecule has 2 aliphatic rings. The Bertz CT molecular complexity index is 640. The molecule has 1 aliphatic carbocycles. The van der Waals surface area contributed by atoms with Crippen LogP contribution in [0.5, 0.6) is 0 Å². The zero-order valence-corrected chi connectivity index (χ0v) is 12.3. The molecule has 3 rings (SSSR count). The molecule has 0 bridgehead atoms. The first-order valence-corrected chi connectivity index (χ1v) is 7.30. The summed E-state index contributed by atoms with van der Waals surface area (Å²) in [6, 6.07) is 3.47. The number of hydrogen-bond donors (Lipinski definition) is 2. The quantitative estimate of drug-likeness (QED) is 0.782. The number of benzene rings is 1. The van der Waals surface area contributed by atoms with Crippen LogP contribution in [0.25, 0.3) is 0 Å². The van der Waals surface area contributed by atoms with Crippen LogP contribution in [0, 0.1) is 5.92 Å². The van der Waals surface area contributed by atoms with Gasteiger partial charge in [-0.1, -0.05) is 23.8 Å². The van der Waals surface area contributed by atoms with Crippen molar-refractivity contribution >= 4 is 23.3 Å². The van der Waals surface area contributed by atoms with E-state index in [2.05, 4.69) is 10.6 Å². The average molecular weight is 331 g/mol. The third-order valence-electron chi connectivity index (χ3n) is 4.02. The van der Waals surface area contributed by atoms with Crippen molar-refractivity contribution in [3.63, 3.8) is 0 Å². The molecular formula is C15H14ClF3N2O. The molecule has 22 heavy (non-hydrogen) atoms. The molecule has 0 saturated heterocycles. The number of halogens is 4. The predicted octanol–water partition coefficient (Wildman–Crippen LogP) is 4.24. The monoisotopic (exact) mass is 330 g/mol. The van der Waals surface area contributed by atoms with Crippen LogP contribution in [0.2, 0.25) is 5.02 Å². The van der Waals surface area contributed by atoms with E-state index in [1.54, 1.807) is 6.08 Å². The molecule has 1 saturated carbocycles. The smallest absolute Gasteiger partial charge is 0.336 e. The summed E-state index contributed by atoms with van der Waals surface area (Å²) >= 11 is 5.89. The SMILES string of the molecule is O=C1NCC(C=CC2CC2)(C(F)(F)F)c2cc(Cl)ccc2N1. The summed E-state index contributed by atoms with van der Waals surface area (Å²) in [5.74, 6) is 0.189. The van der Waals surface area contributed by atoms with Crippen molar-refractivity contribution in [3.05, 3.63) is 40.9 Å². The number of allylic oxidation sites excluding steroid dienone is 1. The Morgan fingerprint density at radius 3 is 2.68 bits per heavy atom. The van der Waals surface area contributed by atoms with Gasteiger partial charge in [-0.15, -0.1) is 0 Å². The molecular weight excluding hydrogens is 317 g/mol. The van der Waals surface area contributed by atoms with E-state index in [0.717, 1.165) is 12.8 Å². The molecule has 1 atom stereocenters. The zero-order valence-electron chi connectivity index (χ0n) is 11.5. The number of anilines is 1. The third kappa shape index (κ3) is 2.67. The van der Waals surface area contributed by atoms with Crippen LogP contribution in [0.3, 0.4) is 0 Å². The molecule has 0 aromatic heterocycles. The molecule has 1 unspecified atom stereocenters. The van der Waals surface area contributed by atoms with Crippen LogP contribution in [0.4, 0.5) is 23.7 Å². The van der Waals surface area contributed by atoms with E-state index in [-0.39, 0.29) is 22.2 Å². The van der Waals surface area contributed by atoms with Crippen molar-refractivity contribution in [2.75, 3.05) is 11.9 Å². The van der Waals surface area contributed by atoms with Gasteiger partial charge in [0.1, 0.15) is 5.41 Å². The second-order valence-corrected chi connectivity index (χ2v) is 6.10. The second kappa shape index (κ2) is 5.19. The normalized spacial score (nSPS) is 25.4. The maximum atomic E-state index is 13.9. The van der Waals surface area contributed by atoms with Crippen molar-refractivity contribution in [1.29, 1.82) is 0 Å². The summed E-state index contributed by atoms with van der Waals surface area (Å²) in [5, 5.41) is 4.92. The van der Waals surface area contributed by atoms with Gasteiger partial charge in [0.2, 0.25) is 0 Å². The minimum absolute atomic E-state index is 0.0391. The Kier molecular flexibility index (Phi) is 3.59. The van der Waals surface area contributed by atoms with Gasteiger partial charge >= 0.3 is 12.2 Å². The van der Waals surface area contributed by atoms with Crippen molar-refractivity contribution in [1.82, 2.24) is 5.32 Å². The summed E-state index contributed by atoms with van der Waals surface area (Å²) in [5.41, 5.74) is -2.20. The van der Waals surface area contributed by atoms with Crippen molar-refractivity contribution in [3.8, 4) is 0 Å². The molecule has 1 aromatic rings. The van der Waals surface area contributed by atoms with Crippen LogP contribution in [0.15, 0.2) is 30.4 Å². The van der Waals surface area contributed by atoms with Gasteiger partial charge in [-0.05, 0) is 42.5 Å². The topological polar surface area (TPSA) is 41.1 Å². The van der Waals surface area contributed by atoms with Crippen molar-refractivity contribution < 1.29 is 18.0 Å². The van der Waals surface area contributed by atoms with E-state index < -0.39 is 24.2 Å². The summed E-state index contributed by atoms with van der Waals surface area (Å²) in [6.07, 6.45) is 0.00871. The first-order chi connectivity index (χ1) is 10.3. The van der Waals surface area contributed by atoms with Gasteiger partial charge < -0.3 is 10.6 Å². The highest BCUT2D eigenvalue weighted by Crippen LogP contribution is 2.47. The number of hydrogen-bond acceptors (Lipinski definition) is 1. The van der Waals surface area contributed by atoms with Gasteiger partial charge in [0.15, 0.2) is 0 Å². The van der Waals surface area contributed by atoms with E-state index in [1.807, 2.05) is 0 Å². The van der Waals surface area contributed by atoms with Gasteiger partial charge in [0, 0.05) is 17.3 Å². The largest absolute Gasteiger partial charge is 0.403 e. The van der Waals surface area contributed by atoms with Crippen molar-refractivity contribution in [2.24, 2.45) is 5.92 Å². The lowest BCUT2D eigenvalue weighted by Gasteiger charge is -2.33. The molecule has 0 spiro atoms. The summed E-state index contributed by atoms with van der Waals surface area (Å²) in [4.78, 5) is 11.6. The summed E-state index contributed by atoms with van der Waals surface area (Å²) in [6.45, 7) is -0.557. The van der Waals surface area contributed by atoms with Gasteiger partial charge in [0.05, 0.1) is 0 Å². The fourth-order valence-corrected chi connectivity index (χ4v) is 2.73. The fraction of sp³-hybridized carbons (Fsp3) is 0.400. The standard InChI is InChI=1S/C15H14ClF3N2O/c16-10-3-4-12-11(7-10)14(15(17,18)19,6-5-9-1-2-9)8-20-13(22)21-12/h3-7,9H,1-2,8H2,(H2,20,21,22). The Morgan fingerprint density at radius 2 is 2.05 bits per heavy atom. The summed E-state index contributed by atoms with van der Waals surface area (Å²) in [7, 11) is 0. The number of urea groups is 1. The minimum Gasteiger partial charge on any atom is -0.336 e. The minimum atomic E-state index is -4.56. The van der Waals surface area contributed by atoms with E-state index in [0.29, 0.717) is 0 Å². The Morgan fingerprint density at radius 1 is 1.32 bits per heavy atom. The number of carbonyl (C=O) groups excluding carboxylic acids is 1. The highest BCUT2D eigenvalue weighted by Gasteiger charge is 2.56. The van der Waals surface area contributed by atoms with Gasteiger partial charge in [-0.3, -0.25) is 0 Å². The number of alkyl halides is 3. The average Bonchev–Trinajstić information content (AvgIpc) is 3.24. The highest BCUT2D eigenvalue weighted by atomic mass is 35.5. The van der Waals surface area contributed by atoms with E-state index in [1.165, 1.54) is 24.3 Å². The highest BCUT2D eigenvalue weighted by molar-refractivity contribution is 6.30. The molecule has 1 aliphatic heterocycles. The first kappa shape index (κ1) is 15.2. The van der Waals surface area contributed by atoms with Crippen LogP contribution >= 0.6 is 11.6 Å². The number of nitrogens with one attached hydrogen (secondary N) is 2. The van der Waals surface area contributed by atoms with Crippen molar-refractivity contribution in [2.45, 2.75) is 24.4 Å². The van der Waals surface area contributed by atoms with Gasteiger partial charge in [-0.25, -0.2) is 4.79 Å². The maximum absolute atomic E-state index is 13.9. The van der Waals surface area contributed by atoms with Gasteiger partial charge in [0.25, 0.3) is 0 Å². The van der Waals surface area contributed by atoms with E-state index in [4.69, 9.17) is 11.6 Å². The molecule has 1 heterocycles. The van der Waals surface area contributed by atoms with E-state index >= 15 is 0 Å². The maximum Gasteiger partial charge on any atom is 0.403 e. The second-order valence-electron chi connectivity index (χ2n) is 5.66. The number of fused-ring (bicyclic) bond motifs is 1. The molecule has 0 radical (unpaired) electrons. The number of amides is 2. The Balaban J connectivity index is 2.19. The third-order valence-corrected chi connectivity index (χ3v) is 4.25. The van der Waals surface area contributed by atoms with Crippen LogP contribution in [0.1, 0.15) is 18.4 Å². The molecule has 1 aromatic carbocycles.